The van der Waals surface area contributed by atoms with Crippen LogP contribution in [0.2, 0.25) is 0 Å². The van der Waals surface area contributed by atoms with Gasteiger partial charge in [0.1, 0.15) is 0 Å². The van der Waals surface area contributed by atoms with Crippen molar-refractivity contribution in [2.75, 3.05) is 32.8 Å². The largest absolute Gasteiger partial charge is 0.376 e. The first-order valence-corrected chi connectivity index (χ1v) is 6.83. The SMILES string of the molecule is CCNC(CC)CCCN1CCOC(C)C1. The van der Waals surface area contributed by atoms with Crippen molar-refractivity contribution in [2.45, 2.75) is 52.2 Å². The molecular formula is C13H28N2O. The highest BCUT2D eigenvalue weighted by Gasteiger charge is 2.16. The lowest BCUT2D eigenvalue weighted by atomic mass is 10.1. The fourth-order valence-electron chi connectivity index (χ4n) is 2.39. The Labute approximate surface area is 101 Å². The average Bonchev–Trinajstić information content (AvgIpc) is 2.28. The van der Waals surface area contributed by atoms with E-state index in [2.05, 4.69) is 31.0 Å². The third-order valence-corrected chi connectivity index (χ3v) is 3.34. The molecule has 96 valence electrons. The molecule has 0 radical (unpaired) electrons. The monoisotopic (exact) mass is 228 g/mol. The molecular weight excluding hydrogens is 200 g/mol. The lowest BCUT2D eigenvalue weighted by Gasteiger charge is -2.31. The zero-order valence-electron chi connectivity index (χ0n) is 11.2. The van der Waals surface area contributed by atoms with Crippen LogP contribution in [0.25, 0.3) is 0 Å². The van der Waals surface area contributed by atoms with Gasteiger partial charge >= 0.3 is 0 Å². The van der Waals surface area contributed by atoms with Crippen molar-refractivity contribution in [3.8, 4) is 0 Å². The molecule has 1 rings (SSSR count). The maximum absolute atomic E-state index is 5.54. The van der Waals surface area contributed by atoms with E-state index in [1.54, 1.807) is 0 Å². The van der Waals surface area contributed by atoms with Crippen molar-refractivity contribution in [1.29, 1.82) is 0 Å². The molecule has 0 bridgehead atoms. The van der Waals surface area contributed by atoms with E-state index in [-0.39, 0.29) is 0 Å². The molecule has 1 N–H and O–H groups in total. The molecule has 0 aromatic rings. The third-order valence-electron chi connectivity index (χ3n) is 3.34. The predicted molar refractivity (Wildman–Crippen MR) is 68.8 cm³/mol. The molecule has 1 aliphatic rings. The van der Waals surface area contributed by atoms with Crippen LogP contribution in [-0.2, 0) is 4.74 Å². The number of nitrogens with one attached hydrogen (secondary N) is 1. The fourth-order valence-corrected chi connectivity index (χ4v) is 2.39. The van der Waals surface area contributed by atoms with Gasteiger partial charge in [-0.2, -0.15) is 0 Å². The lowest BCUT2D eigenvalue weighted by Crippen LogP contribution is -2.41. The van der Waals surface area contributed by atoms with Crippen molar-refractivity contribution in [3.05, 3.63) is 0 Å². The lowest BCUT2D eigenvalue weighted by molar-refractivity contribution is -0.0187. The topological polar surface area (TPSA) is 24.5 Å². The summed E-state index contributed by atoms with van der Waals surface area (Å²) in [7, 11) is 0. The Morgan fingerprint density at radius 1 is 1.44 bits per heavy atom. The molecule has 0 saturated carbocycles. The summed E-state index contributed by atoms with van der Waals surface area (Å²) in [6, 6.07) is 0.712. The minimum absolute atomic E-state index is 0.421. The number of morpholine rings is 1. The van der Waals surface area contributed by atoms with Gasteiger partial charge in [-0.25, -0.2) is 0 Å². The highest BCUT2D eigenvalue weighted by molar-refractivity contribution is 4.70. The van der Waals surface area contributed by atoms with Crippen molar-refractivity contribution in [2.24, 2.45) is 0 Å². The fraction of sp³-hybridized carbons (Fsp3) is 1.00. The summed E-state index contributed by atoms with van der Waals surface area (Å²) in [5, 5.41) is 3.54. The van der Waals surface area contributed by atoms with Gasteiger partial charge < -0.3 is 10.1 Å². The first kappa shape index (κ1) is 13.9. The first-order valence-electron chi connectivity index (χ1n) is 6.83. The Balaban J connectivity index is 2.09. The van der Waals surface area contributed by atoms with E-state index in [1.165, 1.54) is 25.8 Å². The number of ether oxygens (including phenoxy) is 1. The number of rotatable bonds is 7. The van der Waals surface area contributed by atoms with Crippen LogP contribution in [0.1, 0.15) is 40.0 Å². The van der Waals surface area contributed by atoms with Gasteiger partial charge in [0, 0.05) is 19.1 Å². The summed E-state index contributed by atoms with van der Waals surface area (Å²) in [6.45, 7) is 12.1. The molecule has 1 fully saturated rings. The number of hydrogen-bond acceptors (Lipinski definition) is 3. The van der Waals surface area contributed by atoms with Gasteiger partial charge in [-0.15, -0.1) is 0 Å². The van der Waals surface area contributed by atoms with Gasteiger partial charge in [0.15, 0.2) is 0 Å². The second-order valence-electron chi connectivity index (χ2n) is 4.79. The van der Waals surface area contributed by atoms with E-state index in [0.29, 0.717) is 12.1 Å². The van der Waals surface area contributed by atoms with Crippen LogP contribution in [0, 0.1) is 0 Å². The Kier molecular flexibility index (Phi) is 7.01. The predicted octanol–water partition coefficient (Wildman–Crippen LogP) is 1.88. The standard InChI is InChI=1S/C13H28N2O/c1-4-13(14-5-2)7-6-8-15-9-10-16-12(3)11-15/h12-14H,4-11H2,1-3H3. The van der Waals surface area contributed by atoms with Crippen LogP contribution < -0.4 is 5.32 Å². The molecule has 0 aromatic carbocycles. The summed E-state index contributed by atoms with van der Waals surface area (Å²) in [6.07, 6.45) is 4.27. The van der Waals surface area contributed by atoms with Crippen LogP contribution in [-0.4, -0.2) is 49.8 Å². The van der Waals surface area contributed by atoms with Gasteiger partial charge in [-0.3, -0.25) is 4.90 Å². The molecule has 3 heteroatoms. The molecule has 16 heavy (non-hydrogen) atoms. The van der Waals surface area contributed by atoms with Crippen LogP contribution in [0.4, 0.5) is 0 Å². The van der Waals surface area contributed by atoms with Gasteiger partial charge in [-0.05, 0) is 39.3 Å². The summed E-state index contributed by atoms with van der Waals surface area (Å²) in [5.74, 6) is 0. The molecule has 0 spiro atoms. The van der Waals surface area contributed by atoms with E-state index >= 15 is 0 Å². The smallest absolute Gasteiger partial charge is 0.0674 e. The van der Waals surface area contributed by atoms with Crippen LogP contribution in [0.5, 0.6) is 0 Å². The average molecular weight is 228 g/mol. The van der Waals surface area contributed by atoms with Gasteiger partial charge in [0.25, 0.3) is 0 Å². The number of hydrogen-bond donors (Lipinski definition) is 1. The first-order chi connectivity index (χ1) is 7.76. The summed E-state index contributed by atoms with van der Waals surface area (Å²) in [4.78, 5) is 2.53. The van der Waals surface area contributed by atoms with Gasteiger partial charge in [0.2, 0.25) is 0 Å². The van der Waals surface area contributed by atoms with E-state index in [1.807, 2.05) is 0 Å². The highest BCUT2D eigenvalue weighted by Crippen LogP contribution is 2.07. The van der Waals surface area contributed by atoms with Gasteiger partial charge in [-0.1, -0.05) is 13.8 Å². The zero-order chi connectivity index (χ0) is 11.8. The molecule has 0 amide bonds. The molecule has 3 nitrogen and oxygen atoms in total. The molecule has 0 aromatic heterocycles. The Hall–Kier alpha value is -0.120. The second-order valence-corrected chi connectivity index (χ2v) is 4.79. The maximum Gasteiger partial charge on any atom is 0.0674 e. The Morgan fingerprint density at radius 2 is 2.25 bits per heavy atom. The normalized spacial score (nSPS) is 24.6. The highest BCUT2D eigenvalue weighted by atomic mass is 16.5. The van der Waals surface area contributed by atoms with E-state index in [4.69, 9.17) is 4.74 Å². The summed E-state index contributed by atoms with van der Waals surface area (Å²) >= 11 is 0. The van der Waals surface area contributed by atoms with Crippen molar-refractivity contribution >= 4 is 0 Å². The number of nitrogens with zero attached hydrogens (tertiary/aromatic N) is 1. The Bertz CT molecular complexity index is 175. The molecule has 0 aliphatic carbocycles. The van der Waals surface area contributed by atoms with Crippen molar-refractivity contribution in [3.63, 3.8) is 0 Å². The van der Waals surface area contributed by atoms with E-state index in [0.717, 1.165) is 26.2 Å². The van der Waals surface area contributed by atoms with Crippen LogP contribution in [0.3, 0.4) is 0 Å². The maximum atomic E-state index is 5.54. The molecule has 1 aliphatic heterocycles. The van der Waals surface area contributed by atoms with Crippen molar-refractivity contribution in [1.82, 2.24) is 10.2 Å². The molecule has 1 saturated heterocycles. The molecule has 1 heterocycles. The van der Waals surface area contributed by atoms with Gasteiger partial charge in [0.05, 0.1) is 12.7 Å². The summed E-state index contributed by atoms with van der Waals surface area (Å²) in [5.41, 5.74) is 0. The minimum atomic E-state index is 0.421. The quantitative estimate of drug-likeness (QED) is 0.720. The Morgan fingerprint density at radius 3 is 2.88 bits per heavy atom. The van der Waals surface area contributed by atoms with E-state index < -0.39 is 0 Å². The van der Waals surface area contributed by atoms with E-state index in [9.17, 15) is 0 Å². The second kappa shape index (κ2) is 8.04. The summed E-state index contributed by atoms with van der Waals surface area (Å²) < 4.78 is 5.54. The van der Waals surface area contributed by atoms with Crippen LogP contribution >= 0.6 is 0 Å². The third kappa shape index (κ3) is 5.28. The van der Waals surface area contributed by atoms with Crippen LogP contribution in [0.15, 0.2) is 0 Å². The zero-order valence-corrected chi connectivity index (χ0v) is 11.2. The van der Waals surface area contributed by atoms with Crippen molar-refractivity contribution < 1.29 is 4.74 Å². The molecule has 2 atom stereocenters. The minimum Gasteiger partial charge on any atom is -0.376 e. The molecule has 2 unspecified atom stereocenters.